The first-order valence-electron chi connectivity index (χ1n) is 11.0. The van der Waals surface area contributed by atoms with E-state index in [2.05, 4.69) is 19.2 Å². The molecule has 1 N–H and O–H groups in total. The number of rotatable bonds is 8. The monoisotopic (exact) mass is 438 g/mol. The fraction of sp³-hybridized carbons (Fsp3) is 0.682. The van der Waals surface area contributed by atoms with Gasteiger partial charge in [-0.3, -0.25) is 4.79 Å². The zero-order chi connectivity index (χ0) is 21.7. The quantitative estimate of drug-likeness (QED) is 0.674. The van der Waals surface area contributed by atoms with Crippen molar-refractivity contribution in [2.75, 3.05) is 26.3 Å². The van der Waals surface area contributed by atoms with Crippen molar-refractivity contribution in [3.8, 4) is 11.5 Å². The van der Waals surface area contributed by atoms with E-state index in [1.165, 1.54) is 10.4 Å². The Labute approximate surface area is 180 Å². The molecule has 168 valence electrons. The molecule has 2 heterocycles. The summed E-state index contributed by atoms with van der Waals surface area (Å²) in [6.45, 7) is 8.01. The Morgan fingerprint density at radius 1 is 1.10 bits per heavy atom. The molecule has 30 heavy (non-hydrogen) atoms. The molecular weight excluding hydrogens is 404 g/mol. The molecule has 2 aliphatic heterocycles. The van der Waals surface area contributed by atoms with Gasteiger partial charge in [-0.15, -0.1) is 0 Å². The number of nitrogens with one attached hydrogen (secondary N) is 1. The van der Waals surface area contributed by atoms with Gasteiger partial charge in [0.1, 0.15) is 13.2 Å². The molecule has 1 amide bonds. The van der Waals surface area contributed by atoms with E-state index in [1.54, 1.807) is 12.1 Å². The molecular formula is C22H34N2O5S. The van der Waals surface area contributed by atoms with E-state index >= 15 is 0 Å². The maximum atomic E-state index is 13.0. The summed E-state index contributed by atoms with van der Waals surface area (Å²) in [5.41, 5.74) is 0. The lowest BCUT2D eigenvalue weighted by Crippen LogP contribution is -2.44. The number of sulfonamides is 1. The highest BCUT2D eigenvalue weighted by Crippen LogP contribution is 2.34. The molecule has 1 atom stereocenters. The first-order valence-corrected chi connectivity index (χ1v) is 12.4. The van der Waals surface area contributed by atoms with Crippen LogP contribution in [-0.4, -0.2) is 51.0 Å². The number of benzene rings is 1. The third-order valence-corrected chi connectivity index (χ3v) is 7.68. The minimum absolute atomic E-state index is 0.0448. The normalized spacial score (nSPS) is 18.9. The highest BCUT2D eigenvalue weighted by Gasteiger charge is 2.33. The average molecular weight is 439 g/mol. The van der Waals surface area contributed by atoms with Crippen molar-refractivity contribution in [2.24, 2.45) is 11.8 Å². The number of amides is 1. The molecule has 0 radical (unpaired) electrons. The predicted octanol–water partition coefficient (Wildman–Crippen LogP) is 3.19. The van der Waals surface area contributed by atoms with E-state index in [-0.39, 0.29) is 22.8 Å². The Kier molecular flexibility index (Phi) is 7.63. The second-order valence-corrected chi connectivity index (χ2v) is 10.7. The van der Waals surface area contributed by atoms with Gasteiger partial charge in [0.25, 0.3) is 0 Å². The molecule has 1 saturated heterocycles. The first-order chi connectivity index (χ1) is 14.3. The van der Waals surface area contributed by atoms with Crippen LogP contribution in [0.2, 0.25) is 0 Å². The summed E-state index contributed by atoms with van der Waals surface area (Å²) in [6, 6.07) is 4.88. The topological polar surface area (TPSA) is 84.9 Å². The number of fused-ring (bicyclic) bond motifs is 1. The van der Waals surface area contributed by atoms with Crippen molar-refractivity contribution in [3.63, 3.8) is 0 Å². The second kappa shape index (κ2) is 10.0. The Morgan fingerprint density at radius 2 is 1.77 bits per heavy atom. The zero-order valence-corrected chi connectivity index (χ0v) is 19.0. The summed E-state index contributed by atoms with van der Waals surface area (Å²) < 4.78 is 38.5. The van der Waals surface area contributed by atoms with Gasteiger partial charge < -0.3 is 14.8 Å². The third-order valence-electron chi connectivity index (χ3n) is 5.78. The molecule has 0 bridgehead atoms. The summed E-state index contributed by atoms with van der Waals surface area (Å²) in [5, 5.41) is 3.11. The number of ether oxygens (including phenoxy) is 2. The SMILES string of the molecule is CC(C)CCCC(C)NC(=O)C1CCN(S(=O)(=O)c2ccc3c(c2)OCCO3)CC1. The van der Waals surface area contributed by atoms with Crippen LogP contribution in [0, 0.1) is 11.8 Å². The predicted molar refractivity (Wildman–Crippen MR) is 115 cm³/mol. The van der Waals surface area contributed by atoms with Crippen LogP contribution < -0.4 is 14.8 Å². The number of piperidine rings is 1. The molecule has 0 spiro atoms. The van der Waals surface area contributed by atoms with Gasteiger partial charge in [0.15, 0.2) is 11.5 Å². The number of nitrogens with zero attached hydrogens (tertiary/aromatic N) is 1. The van der Waals surface area contributed by atoms with Gasteiger partial charge in [-0.1, -0.05) is 26.7 Å². The maximum Gasteiger partial charge on any atom is 0.243 e. The smallest absolute Gasteiger partial charge is 0.243 e. The molecule has 7 nitrogen and oxygen atoms in total. The molecule has 3 rings (SSSR count). The van der Waals surface area contributed by atoms with E-state index in [9.17, 15) is 13.2 Å². The zero-order valence-electron chi connectivity index (χ0n) is 18.2. The highest BCUT2D eigenvalue weighted by molar-refractivity contribution is 7.89. The van der Waals surface area contributed by atoms with Crippen LogP contribution in [0.1, 0.15) is 52.9 Å². The van der Waals surface area contributed by atoms with E-state index in [4.69, 9.17) is 9.47 Å². The Hall–Kier alpha value is -1.80. The first kappa shape index (κ1) is 22.9. The van der Waals surface area contributed by atoms with E-state index in [0.29, 0.717) is 56.6 Å². The minimum atomic E-state index is -3.62. The highest BCUT2D eigenvalue weighted by atomic mass is 32.2. The fourth-order valence-electron chi connectivity index (χ4n) is 3.96. The van der Waals surface area contributed by atoms with Gasteiger partial charge in [0.2, 0.25) is 15.9 Å². The Bertz CT molecular complexity index is 832. The molecule has 2 aliphatic rings. The lowest BCUT2D eigenvalue weighted by atomic mass is 9.96. The summed E-state index contributed by atoms with van der Waals surface area (Å²) in [6.07, 6.45) is 4.31. The van der Waals surface area contributed by atoms with Crippen LogP contribution in [-0.2, 0) is 14.8 Å². The fourth-order valence-corrected chi connectivity index (χ4v) is 5.44. The van der Waals surface area contributed by atoms with Crippen LogP contribution in [0.3, 0.4) is 0 Å². The third kappa shape index (κ3) is 5.66. The standard InChI is InChI=1S/C22H34N2O5S/c1-16(2)5-4-6-17(3)23-22(25)18-9-11-24(12-10-18)30(26,27)19-7-8-20-21(15-19)29-14-13-28-20/h7-8,15-18H,4-6,9-14H2,1-3H3,(H,23,25). The molecule has 1 fully saturated rings. The number of hydrogen-bond acceptors (Lipinski definition) is 5. The van der Waals surface area contributed by atoms with E-state index < -0.39 is 10.0 Å². The Balaban J connectivity index is 1.52. The number of carbonyl (C=O) groups excluding carboxylic acids is 1. The molecule has 1 aromatic carbocycles. The van der Waals surface area contributed by atoms with Crippen molar-refractivity contribution in [2.45, 2.75) is 63.8 Å². The van der Waals surface area contributed by atoms with Gasteiger partial charge >= 0.3 is 0 Å². The van der Waals surface area contributed by atoms with Gasteiger partial charge in [-0.2, -0.15) is 4.31 Å². The van der Waals surface area contributed by atoms with Crippen LogP contribution in [0.4, 0.5) is 0 Å². The van der Waals surface area contributed by atoms with Crippen LogP contribution in [0.15, 0.2) is 23.1 Å². The molecule has 0 aromatic heterocycles. The van der Waals surface area contributed by atoms with Crippen molar-refractivity contribution in [1.82, 2.24) is 9.62 Å². The van der Waals surface area contributed by atoms with Gasteiger partial charge in [0.05, 0.1) is 4.90 Å². The Morgan fingerprint density at radius 3 is 2.43 bits per heavy atom. The van der Waals surface area contributed by atoms with Crippen LogP contribution in [0.25, 0.3) is 0 Å². The largest absolute Gasteiger partial charge is 0.486 e. The number of hydrogen-bond donors (Lipinski definition) is 1. The van der Waals surface area contributed by atoms with E-state index in [0.717, 1.165) is 19.3 Å². The molecule has 1 aromatic rings. The molecule has 1 unspecified atom stereocenters. The van der Waals surface area contributed by atoms with Crippen molar-refractivity contribution < 1.29 is 22.7 Å². The van der Waals surface area contributed by atoms with Crippen molar-refractivity contribution in [3.05, 3.63) is 18.2 Å². The van der Waals surface area contributed by atoms with Gasteiger partial charge in [0, 0.05) is 31.1 Å². The minimum Gasteiger partial charge on any atom is -0.486 e. The van der Waals surface area contributed by atoms with Crippen molar-refractivity contribution >= 4 is 15.9 Å². The van der Waals surface area contributed by atoms with Crippen LogP contribution in [0.5, 0.6) is 11.5 Å². The van der Waals surface area contributed by atoms with Gasteiger partial charge in [-0.05, 0) is 44.2 Å². The summed E-state index contributed by atoms with van der Waals surface area (Å²) in [5.74, 6) is 1.61. The molecule has 0 saturated carbocycles. The summed E-state index contributed by atoms with van der Waals surface area (Å²) in [7, 11) is -3.62. The maximum absolute atomic E-state index is 13.0. The lowest BCUT2D eigenvalue weighted by Gasteiger charge is -2.31. The average Bonchev–Trinajstić information content (AvgIpc) is 2.73. The second-order valence-electron chi connectivity index (χ2n) is 8.72. The van der Waals surface area contributed by atoms with Gasteiger partial charge in [-0.25, -0.2) is 8.42 Å². The van der Waals surface area contributed by atoms with Crippen LogP contribution >= 0.6 is 0 Å². The molecule has 0 aliphatic carbocycles. The summed E-state index contributed by atoms with van der Waals surface area (Å²) in [4.78, 5) is 12.8. The van der Waals surface area contributed by atoms with E-state index in [1.807, 2.05) is 6.92 Å². The van der Waals surface area contributed by atoms with Crippen molar-refractivity contribution in [1.29, 1.82) is 0 Å². The summed E-state index contributed by atoms with van der Waals surface area (Å²) >= 11 is 0. The molecule has 8 heteroatoms. The lowest BCUT2D eigenvalue weighted by molar-refractivity contribution is -0.126. The number of carbonyl (C=O) groups is 1.